The van der Waals surface area contributed by atoms with Crippen LogP contribution >= 0.6 is 77.2 Å². The smallest absolute Gasteiger partial charge is 0.223 e. The number of carbonyl (C=O) groups is 3. The molecule has 80 heavy (non-hydrogen) atoms. The Morgan fingerprint density at radius 1 is 0.500 bits per heavy atom. The predicted octanol–water partition coefficient (Wildman–Crippen LogP) is 10.6. The number of halogens is 5. The SMILES string of the molecule is CC(=O)Nc1nnc(CCCBr)s1.CC(=O)Nc1nnc(CCCBr)s1.CC(=O)Nc1nnc(CCCN=S(C)(=O)c2ccc(F)cc2)s1.CS(=N)(=O)c1ccc(F)cc1.CS(=O)(=NCCCc1nnc(N)s1)c1ccc(F)cc1. The van der Waals surface area contributed by atoms with Crippen LogP contribution in [0.15, 0.2) is 96.2 Å². The molecule has 33 heteroatoms. The summed E-state index contributed by atoms with van der Waals surface area (Å²) in [5.74, 6) is -1.50. The van der Waals surface area contributed by atoms with Crippen molar-refractivity contribution in [2.24, 2.45) is 8.73 Å². The van der Waals surface area contributed by atoms with E-state index in [1.807, 2.05) is 0 Å². The van der Waals surface area contributed by atoms with E-state index >= 15 is 0 Å². The first-order chi connectivity index (χ1) is 37.8. The third-order valence-corrected chi connectivity index (χ3v) is 18.8. The van der Waals surface area contributed by atoms with Crippen molar-refractivity contribution in [3.8, 4) is 0 Å². The molecule has 4 aromatic heterocycles. The van der Waals surface area contributed by atoms with Gasteiger partial charge in [0.2, 0.25) is 38.2 Å². The number of nitrogens with zero attached hydrogens (tertiary/aromatic N) is 10. The van der Waals surface area contributed by atoms with Crippen LogP contribution in [0.1, 0.15) is 66.5 Å². The van der Waals surface area contributed by atoms with Crippen LogP contribution in [0.3, 0.4) is 0 Å². The number of amides is 3. The molecule has 0 bridgehead atoms. The fraction of sp³-hybridized carbons (Fsp3) is 0.383. The fourth-order valence-electron chi connectivity index (χ4n) is 5.63. The molecule has 3 unspecified atom stereocenters. The van der Waals surface area contributed by atoms with E-state index in [1.165, 1.54) is 145 Å². The molecule has 0 aliphatic rings. The number of hydrogen-bond donors (Lipinski definition) is 5. The van der Waals surface area contributed by atoms with Gasteiger partial charge in [-0.3, -0.25) is 14.4 Å². The quantitative estimate of drug-likeness (QED) is 0.0350. The molecular formula is C47H60Br2F3N15O6S7. The maximum Gasteiger partial charge on any atom is 0.223 e. The molecule has 0 aliphatic carbocycles. The standard InChI is InChI=1S/C14H17FN4O2S2.C12H15FN4OS2.2C7H10BrN3OS.C7H8FNOS/c1-10(20)17-14-19-18-13(22-14)4-3-9-16-23(2,21)12-7-5-11(15)6-8-12;1-20(18,10-6-4-9(13)5-7-10)15-8-2-3-11-16-17-12(14)19-11;2*1-5(12)9-7-11-10-6(13-7)3-2-4-8;1-11(9,10)7-4-2-6(8)3-5-7/h5-8H,3-4,9H2,1-2H3,(H,17,19,20);4-7H,2-3,8H2,1H3,(H2,14,17);2*2-4H2,1H3,(H,9,11,12);2-5,9H,1H3. The molecule has 436 valence electrons. The van der Waals surface area contributed by atoms with Gasteiger partial charge in [0.25, 0.3) is 0 Å². The highest BCUT2D eigenvalue weighted by atomic mass is 79.9. The number of aryl methyl sites for hydroxylation is 4. The summed E-state index contributed by atoms with van der Waals surface area (Å²) in [5.41, 5.74) is 5.49. The Kier molecular flexibility index (Phi) is 30.6. The lowest BCUT2D eigenvalue weighted by Gasteiger charge is -2.04. The van der Waals surface area contributed by atoms with E-state index in [1.54, 1.807) is 12.5 Å². The van der Waals surface area contributed by atoms with Gasteiger partial charge in [-0.25, -0.2) is 39.3 Å². The second-order valence-electron chi connectivity index (χ2n) is 16.4. The number of aromatic nitrogens is 8. The number of nitrogens with one attached hydrogen (secondary N) is 4. The van der Waals surface area contributed by atoms with Gasteiger partial charge in [-0.1, -0.05) is 77.2 Å². The highest BCUT2D eigenvalue weighted by molar-refractivity contribution is 9.09. The zero-order valence-electron chi connectivity index (χ0n) is 44.2. The van der Waals surface area contributed by atoms with Gasteiger partial charge in [-0.05, 0) is 98.5 Å². The highest BCUT2D eigenvalue weighted by Crippen LogP contribution is 2.20. The third-order valence-electron chi connectivity index (χ3n) is 9.32. The van der Waals surface area contributed by atoms with Crippen LogP contribution in [-0.2, 0) is 69.3 Å². The third kappa shape index (κ3) is 28.4. The largest absolute Gasteiger partial charge is 0.374 e. The van der Waals surface area contributed by atoms with E-state index in [0.717, 1.165) is 62.8 Å². The molecular weight excluding hydrogens is 1310 g/mol. The number of nitrogens with two attached hydrogens (primary N) is 1. The normalized spacial score (nSPS) is 12.7. The van der Waals surface area contributed by atoms with Crippen LogP contribution in [0.5, 0.6) is 0 Å². The lowest BCUT2D eigenvalue weighted by molar-refractivity contribution is -0.115. The average molecular weight is 1370 g/mol. The Labute approximate surface area is 496 Å². The molecule has 0 aliphatic heterocycles. The number of nitrogen functional groups attached to an aromatic ring is 1. The molecule has 21 nitrogen and oxygen atoms in total. The van der Waals surface area contributed by atoms with Crippen molar-refractivity contribution in [2.75, 3.05) is 64.2 Å². The lowest BCUT2D eigenvalue weighted by Crippen LogP contribution is -2.04. The molecule has 0 spiro atoms. The van der Waals surface area contributed by atoms with Gasteiger partial charge >= 0.3 is 0 Å². The number of benzene rings is 3. The van der Waals surface area contributed by atoms with Crippen molar-refractivity contribution in [1.29, 1.82) is 4.78 Å². The summed E-state index contributed by atoms with van der Waals surface area (Å²) in [7, 11) is -7.68. The van der Waals surface area contributed by atoms with Gasteiger partial charge in [-0.2, -0.15) is 0 Å². The zero-order valence-corrected chi connectivity index (χ0v) is 53.0. The summed E-state index contributed by atoms with van der Waals surface area (Å²) in [6.07, 6.45) is 11.0. The zero-order chi connectivity index (χ0) is 59.3. The van der Waals surface area contributed by atoms with Crippen molar-refractivity contribution < 1.29 is 40.2 Å². The van der Waals surface area contributed by atoms with Crippen molar-refractivity contribution >= 4 is 145 Å². The maximum absolute atomic E-state index is 12.9. The first kappa shape index (κ1) is 69.0. The highest BCUT2D eigenvalue weighted by Gasteiger charge is 2.10. The molecule has 7 aromatic rings. The minimum absolute atomic E-state index is 0.108. The van der Waals surface area contributed by atoms with Crippen LogP contribution in [0.2, 0.25) is 0 Å². The van der Waals surface area contributed by atoms with Crippen LogP contribution in [0.25, 0.3) is 0 Å². The molecule has 0 saturated carbocycles. The molecule has 0 radical (unpaired) electrons. The van der Waals surface area contributed by atoms with E-state index < -0.39 is 29.2 Å². The van der Waals surface area contributed by atoms with Gasteiger partial charge in [0.05, 0.1) is 29.2 Å². The van der Waals surface area contributed by atoms with E-state index in [4.69, 9.17) is 10.5 Å². The first-order valence-electron chi connectivity index (χ1n) is 23.6. The molecule has 0 saturated heterocycles. The number of hydrogen-bond acceptors (Lipinski definition) is 22. The van der Waals surface area contributed by atoms with Gasteiger partial charge < -0.3 is 21.7 Å². The topological polar surface area (TPSA) is 316 Å². The van der Waals surface area contributed by atoms with Crippen molar-refractivity contribution in [3.63, 3.8) is 0 Å². The van der Waals surface area contributed by atoms with Crippen LogP contribution < -0.4 is 21.7 Å². The first-order valence-corrected chi connectivity index (χ1v) is 35.0. The fourth-order valence-corrected chi connectivity index (χ4v) is 12.5. The summed E-state index contributed by atoms with van der Waals surface area (Å²) in [6, 6.07) is 16.3. The minimum Gasteiger partial charge on any atom is -0.374 e. The number of alkyl halides is 2. The Hall–Kier alpha value is -5.29. The van der Waals surface area contributed by atoms with Crippen molar-refractivity contribution in [3.05, 3.63) is 110 Å². The Balaban J connectivity index is 0.000000270. The Bertz CT molecular complexity index is 3350. The predicted molar refractivity (Wildman–Crippen MR) is 321 cm³/mol. The number of rotatable bonds is 20. The number of carbonyl (C=O) groups excluding carboxylic acids is 3. The molecule has 0 fully saturated rings. The second kappa shape index (κ2) is 35.5. The molecule has 7 rings (SSSR count). The van der Waals surface area contributed by atoms with Crippen molar-refractivity contribution in [1.82, 2.24) is 40.8 Å². The average Bonchev–Trinajstić information content (AvgIpc) is 4.23. The molecule has 3 aromatic carbocycles. The summed E-state index contributed by atoms with van der Waals surface area (Å²) in [6.45, 7) is 5.18. The molecule has 3 atom stereocenters. The summed E-state index contributed by atoms with van der Waals surface area (Å²) >= 11 is 12.2. The summed E-state index contributed by atoms with van der Waals surface area (Å²) in [5, 5.41) is 46.3. The minimum atomic E-state index is -2.69. The molecule has 6 N–H and O–H groups in total. The second-order valence-corrected chi connectivity index (χ2v) is 29.1. The molecule has 3 amide bonds. The van der Waals surface area contributed by atoms with Crippen LogP contribution in [-0.4, -0.2) is 114 Å². The van der Waals surface area contributed by atoms with E-state index in [-0.39, 0.29) is 35.2 Å². The van der Waals surface area contributed by atoms with Gasteiger partial charge in [0.15, 0.2) is 0 Å². The van der Waals surface area contributed by atoms with Gasteiger partial charge in [0, 0.05) is 104 Å². The molecule has 4 heterocycles. The summed E-state index contributed by atoms with van der Waals surface area (Å²) in [4.78, 5) is 33.6. The van der Waals surface area contributed by atoms with E-state index in [9.17, 15) is 40.2 Å². The summed E-state index contributed by atoms with van der Waals surface area (Å²) < 4.78 is 89.5. The van der Waals surface area contributed by atoms with E-state index in [2.05, 4.69) is 97.3 Å². The van der Waals surface area contributed by atoms with E-state index in [0.29, 0.717) is 67.6 Å². The number of anilines is 4. The van der Waals surface area contributed by atoms with Crippen LogP contribution in [0, 0.1) is 22.2 Å². The Morgan fingerprint density at radius 3 is 1.06 bits per heavy atom. The maximum atomic E-state index is 12.9. The monoisotopic (exact) mass is 1370 g/mol. The lowest BCUT2D eigenvalue weighted by atomic mass is 10.3. The van der Waals surface area contributed by atoms with Gasteiger partial charge in [-0.15, -0.1) is 40.8 Å². The Morgan fingerprint density at radius 2 is 0.787 bits per heavy atom. The van der Waals surface area contributed by atoms with Crippen molar-refractivity contribution in [2.45, 2.75) is 86.8 Å². The van der Waals surface area contributed by atoms with Crippen LogP contribution in [0.4, 0.5) is 33.7 Å². The van der Waals surface area contributed by atoms with Gasteiger partial charge in [0.1, 0.15) is 37.5 Å².